The van der Waals surface area contributed by atoms with Crippen molar-refractivity contribution in [3.63, 3.8) is 0 Å². The van der Waals surface area contributed by atoms with Gasteiger partial charge < -0.3 is 9.67 Å². The number of rotatable bonds is 5. The molecule has 0 unspecified atom stereocenters. The molecule has 0 radical (unpaired) electrons. The van der Waals surface area contributed by atoms with E-state index in [4.69, 9.17) is 0 Å². The number of nitriles is 1. The highest BCUT2D eigenvalue weighted by atomic mass is 19.1. The highest BCUT2D eigenvalue weighted by Crippen LogP contribution is 2.53. The number of benzene rings is 2. The predicted octanol–water partition coefficient (Wildman–Crippen LogP) is 5.51. The Morgan fingerprint density at radius 1 is 1.33 bits per heavy atom. The maximum atomic E-state index is 14.8. The molecule has 33 heavy (non-hydrogen) atoms. The monoisotopic (exact) mass is 448 g/mol. The Kier molecular flexibility index (Phi) is 4.57. The highest BCUT2D eigenvalue weighted by molar-refractivity contribution is 5.99. The number of hydrogen-bond donors (Lipinski definition) is 2. The van der Waals surface area contributed by atoms with E-state index in [0.717, 1.165) is 33.1 Å². The zero-order chi connectivity index (χ0) is 23.5. The summed E-state index contributed by atoms with van der Waals surface area (Å²) >= 11 is 0. The average Bonchev–Trinajstić information content (AvgIpc) is 3.32. The Morgan fingerprint density at radius 3 is 2.67 bits per heavy atom. The number of aromatic nitrogens is 3. The molecule has 0 amide bonds. The Hall–Kier alpha value is -3.73. The first-order chi connectivity index (χ1) is 15.6. The molecule has 2 heterocycles. The summed E-state index contributed by atoms with van der Waals surface area (Å²) in [6.07, 6.45) is 1.63. The second-order valence-corrected chi connectivity index (χ2v) is 9.50. The molecule has 0 saturated heterocycles. The molecule has 0 bridgehead atoms. The standard InChI is InChI=1S/C25H22F2N4O2/c1-24(2,7-8-28)22-21(15-11-25(27,12-15)23(32)33)18-10-19-14(13-29-30-19)9-20(18)31(22)17-5-3-16(26)4-6-17/h3-6,9-10,13,15H,7,11-12H2,1-2H3,(H,29,30)(H,32,33)/t15-,25+. The van der Waals surface area contributed by atoms with Gasteiger partial charge in [0.05, 0.1) is 23.3 Å². The molecule has 0 aliphatic heterocycles. The zero-order valence-corrected chi connectivity index (χ0v) is 18.2. The minimum Gasteiger partial charge on any atom is -0.479 e. The van der Waals surface area contributed by atoms with Crippen molar-refractivity contribution in [2.45, 2.75) is 50.1 Å². The van der Waals surface area contributed by atoms with Crippen LogP contribution in [-0.2, 0) is 10.2 Å². The summed E-state index contributed by atoms with van der Waals surface area (Å²) in [6.45, 7) is 3.89. The number of aromatic amines is 1. The number of nitrogens with zero attached hydrogens (tertiary/aromatic N) is 3. The Labute approximate surface area is 188 Å². The van der Waals surface area contributed by atoms with Gasteiger partial charge in [0, 0.05) is 34.0 Å². The molecule has 1 aliphatic carbocycles. The molecule has 8 heteroatoms. The van der Waals surface area contributed by atoms with E-state index in [-0.39, 0.29) is 31.0 Å². The lowest BCUT2D eigenvalue weighted by molar-refractivity contribution is -0.158. The van der Waals surface area contributed by atoms with Crippen LogP contribution in [-0.4, -0.2) is 31.5 Å². The molecule has 2 aromatic heterocycles. The fourth-order valence-electron chi connectivity index (χ4n) is 5.07. The third kappa shape index (κ3) is 3.18. The number of carboxylic acids is 1. The summed E-state index contributed by atoms with van der Waals surface area (Å²) in [7, 11) is 0. The van der Waals surface area contributed by atoms with E-state index < -0.39 is 17.1 Å². The van der Waals surface area contributed by atoms with E-state index in [1.807, 2.05) is 30.5 Å². The lowest BCUT2D eigenvalue weighted by atomic mass is 9.66. The molecule has 6 nitrogen and oxygen atoms in total. The van der Waals surface area contributed by atoms with Gasteiger partial charge in [0.2, 0.25) is 5.67 Å². The number of aliphatic carboxylic acids is 1. The summed E-state index contributed by atoms with van der Waals surface area (Å²) in [5, 5.41) is 27.7. The van der Waals surface area contributed by atoms with Crippen LogP contribution in [0.4, 0.5) is 8.78 Å². The maximum Gasteiger partial charge on any atom is 0.341 e. The van der Waals surface area contributed by atoms with Crippen molar-refractivity contribution < 1.29 is 18.7 Å². The van der Waals surface area contributed by atoms with Crippen molar-refractivity contribution in [3.05, 3.63) is 59.7 Å². The van der Waals surface area contributed by atoms with Gasteiger partial charge in [-0.2, -0.15) is 10.4 Å². The van der Waals surface area contributed by atoms with Crippen LogP contribution in [0, 0.1) is 17.1 Å². The molecule has 4 aromatic rings. The van der Waals surface area contributed by atoms with Crippen LogP contribution in [0.15, 0.2) is 42.6 Å². The second kappa shape index (κ2) is 7.14. The lowest BCUT2D eigenvalue weighted by Crippen LogP contribution is -2.46. The van der Waals surface area contributed by atoms with Crippen molar-refractivity contribution in [1.29, 1.82) is 5.26 Å². The van der Waals surface area contributed by atoms with E-state index in [2.05, 4.69) is 16.3 Å². The predicted molar refractivity (Wildman–Crippen MR) is 120 cm³/mol. The SMILES string of the molecule is CC(C)(CC#N)c1c([C@H]2C[C@](F)(C(=O)O)C2)c2cc3[nH]ncc3cc2n1-c1ccc(F)cc1. The smallest absolute Gasteiger partial charge is 0.341 e. The number of halogens is 2. The topological polar surface area (TPSA) is 94.7 Å². The van der Waals surface area contributed by atoms with Crippen LogP contribution in [0.3, 0.4) is 0 Å². The number of hydrogen-bond acceptors (Lipinski definition) is 3. The van der Waals surface area contributed by atoms with Crippen LogP contribution < -0.4 is 0 Å². The molecule has 0 atom stereocenters. The molecular weight excluding hydrogens is 426 g/mol. The van der Waals surface area contributed by atoms with Crippen LogP contribution in [0.5, 0.6) is 0 Å². The fraction of sp³-hybridized carbons (Fsp3) is 0.320. The molecule has 0 spiro atoms. The van der Waals surface area contributed by atoms with E-state index >= 15 is 0 Å². The quantitative estimate of drug-likeness (QED) is 0.421. The third-order valence-corrected chi connectivity index (χ3v) is 6.74. The van der Waals surface area contributed by atoms with E-state index in [1.165, 1.54) is 12.1 Å². The molecule has 1 aliphatic rings. The molecule has 5 rings (SSSR count). The minimum atomic E-state index is -2.26. The van der Waals surface area contributed by atoms with Crippen molar-refractivity contribution in [1.82, 2.24) is 14.8 Å². The van der Waals surface area contributed by atoms with Crippen LogP contribution in [0.1, 0.15) is 50.3 Å². The Morgan fingerprint density at radius 2 is 2.03 bits per heavy atom. The van der Waals surface area contributed by atoms with E-state index in [1.54, 1.807) is 18.3 Å². The first kappa shape index (κ1) is 21.1. The number of carbonyl (C=O) groups is 1. The second-order valence-electron chi connectivity index (χ2n) is 9.50. The largest absolute Gasteiger partial charge is 0.479 e. The molecular formula is C25H22F2N4O2. The van der Waals surface area contributed by atoms with Gasteiger partial charge in [0.1, 0.15) is 5.82 Å². The first-order valence-corrected chi connectivity index (χ1v) is 10.7. The van der Waals surface area contributed by atoms with Crippen LogP contribution in [0.2, 0.25) is 0 Å². The molecule has 2 aromatic carbocycles. The summed E-state index contributed by atoms with van der Waals surface area (Å²) in [5.74, 6) is -2.15. The van der Waals surface area contributed by atoms with Crippen molar-refractivity contribution in [3.8, 4) is 11.8 Å². The van der Waals surface area contributed by atoms with Gasteiger partial charge in [-0.05, 0) is 60.7 Å². The summed E-state index contributed by atoms with van der Waals surface area (Å²) in [4.78, 5) is 11.5. The van der Waals surface area contributed by atoms with Gasteiger partial charge in [-0.25, -0.2) is 13.6 Å². The maximum absolute atomic E-state index is 14.8. The van der Waals surface area contributed by atoms with Crippen molar-refractivity contribution in [2.24, 2.45) is 0 Å². The number of carboxylic acid groups (broad SMARTS) is 1. The first-order valence-electron chi connectivity index (χ1n) is 10.7. The van der Waals surface area contributed by atoms with Crippen LogP contribution >= 0.6 is 0 Å². The Balaban J connectivity index is 1.86. The normalized spacial score (nSPS) is 20.6. The molecule has 1 saturated carbocycles. The van der Waals surface area contributed by atoms with Gasteiger partial charge in [-0.3, -0.25) is 5.10 Å². The third-order valence-electron chi connectivity index (χ3n) is 6.74. The lowest BCUT2D eigenvalue weighted by Gasteiger charge is -2.40. The van der Waals surface area contributed by atoms with Gasteiger partial charge in [0.25, 0.3) is 0 Å². The number of H-pyrrole nitrogens is 1. The Bertz CT molecular complexity index is 1440. The average molecular weight is 448 g/mol. The molecule has 168 valence electrons. The van der Waals surface area contributed by atoms with Crippen molar-refractivity contribution >= 4 is 27.8 Å². The van der Waals surface area contributed by atoms with E-state index in [0.29, 0.717) is 5.69 Å². The van der Waals surface area contributed by atoms with Gasteiger partial charge in [0.15, 0.2) is 0 Å². The van der Waals surface area contributed by atoms with Crippen molar-refractivity contribution in [2.75, 3.05) is 0 Å². The van der Waals surface area contributed by atoms with Crippen LogP contribution in [0.25, 0.3) is 27.5 Å². The summed E-state index contributed by atoms with van der Waals surface area (Å²) in [6, 6.07) is 12.2. The highest BCUT2D eigenvalue weighted by Gasteiger charge is 2.53. The van der Waals surface area contributed by atoms with Gasteiger partial charge in [-0.15, -0.1) is 0 Å². The zero-order valence-electron chi connectivity index (χ0n) is 18.2. The molecule has 1 fully saturated rings. The van der Waals surface area contributed by atoms with Gasteiger partial charge in [-0.1, -0.05) is 13.8 Å². The summed E-state index contributed by atoms with van der Waals surface area (Å²) < 4.78 is 30.5. The number of nitrogens with one attached hydrogen (secondary N) is 1. The minimum absolute atomic E-state index is 0.137. The number of fused-ring (bicyclic) bond motifs is 2. The van der Waals surface area contributed by atoms with E-state index in [9.17, 15) is 23.9 Å². The van der Waals surface area contributed by atoms with Gasteiger partial charge >= 0.3 is 5.97 Å². The number of alkyl halides is 1. The molecule has 2 N–H and O–H groups in total. The fourth-order valence-corrected chi connectivity index (χ4v) is 5.07. The summed E-state index contributed by atoms with van der Waals surface area (Å²) in [5.41, 5.74) is 1.07.